The first-order valence-electron chi connectivity index (χ1n) is 15.6. The highest BCUT2D eigenvalue weighted by atomic mass is 32.1. The summed E-state index contributed by atoms with van der Waals surface area (Å²) in [4.78, 5) is 1.35. The van der Waals surface area contributed by atoms with E-state index in [-0.39, 0.29) is 5.41 Å². The molecule has 216 valence electrons. The van der Waals surface area contributed by atoms with Crippen molar-refractivity contribution in [3.05, 3.63) is 117 Å². The minimum atomic E-state index is -0.549. The molecule has 1 atom stereocenters. The van der Waals surface area contributed by atoms with E-state index in [4.69, 9.17) is 4.42 Å². The number of nitrogens with zero attached hydrogens (tertiary/aromatic N) is 2. The predicted octanol–water partition coefficient (Wildman–Crippen LogP) is 9.46. The molecule has 6 heterocycles. The number of aryl methyl sites for hydroxylation is 4. The summed E-state index contributed by atoms with van der Waals surface area (Å²) in [6.45, 7) is 15.9. The molecule has 2 aliphatic heterocycles. The Balaban J connectivity index is 1.47. The fraction of sp³-hybridized carbons (Fsp3) is 0.250. The van der Waals surface area contributed by atoms with Crippen molar-refractivity contribution >= 4 is 43.4 Å². The van der Waals surface area contributed by atoms with E-state index in [9.17, 15) is 0 Å². The molecule has 0 fully saturated rings. The lowest BCUT2D eigenvalue weighted by molar-refractivity contribution is -0.955. The van der Waals surface area contributed by atoms with Crippen molar-refractivity contribution in [3.63, 3.8) is 0 Å². The normalized spacial score (nSPS) is 16.7. The van der Waals surface area contributed by atoms with Crippen LogP contribution in [0.4, 0.5) is 0 Å². The number of thiophene rings is 1. The highest BCUT2D eigenvalue weighted by Crippen LogP contribution is 2.51. The highest BCUT2D eigenvalue weighted by molar-refractivity contribution is 7.20. The van der Waals surface area contributed by atoms with Gasteiger partial charge >= 0.3 is 5.66 Å². The minimum Gasteiger partial charge on any atom is -0.454 e. The summed E-state index contributed by atoms with van der Waals surface area (Å²) in [5.74, 6) is 0. The van der Waals surface area contributed by atoms with Crippen LogP contribution < -0.4 is 9.13 Å². The molecule has 1 unspecified atom stereocenters. The first-order chi connectivity index (χ1) is 21.1. The average molecular weight is 593 g/mol. The number of fused-ring (bicyclic) bond motifs is 16. The van der Waals surface area contributed by atoms with Crippen molar-refractivity contribution in [1.29, 1.82) is 0 Å². The van der Waals surface area contributed by atoms with Crippen LogP contribution in [0.15, 0.2) is 83.5 Å². The van der Waals surface area contributed by atoms with Gasteiger partial charge in [0.25, 0.3) is 0 Å². The standard InChI is InChI=1S/C40H36N2OS/c1-22-12-17-33-30-10-8-9-11-31(30)40(41(33)20-22)32-16-15-28-29-14-13-27-24(3)25(4)44-38(27)37(29)43-36(28)35(32)34-18-26(19-39(5,6)7)23(2)21-42(34)40/h8-18,20-21H,19H2,1-7H3/q+2. The van der Waals surface area contributed by atoms with Crippen LogP contribution in [0.3, 0.4) is 0 Å². The summed E-state index contributed by atoms with van der Waals surface area (Å²) in [6, 6.07) is 25.2. The smallest absolute Gasteiger partial charge is 0.417 e. The third-order valence-electron chi connectivity index (χ3n) is 10.1. The Kier molecular flexibility index (Phi) is 5.03. The monoisotopic (exact) mass is 592 g/mol. The van der Waals surface area contributed by atoms with Gasteiger partial charge in [-0.15, -0.1) is 20.5 Å². The van der Waals surface area contributed by atoms with Gasteiger partial charge in [-0.05, 0) is 92.4 Å². The average Bonchev–Trinajstić information content (AvgIpc) is 3.67. The van der Waals surface area contributed by atoms with Gasteiger partial charge in [-0.25, -0.2) is 0 Å². The van der Waals surface area contributed by atoms with Crippen LogP contribution in [-0.2, 0) is 12.1 Å². The van der Waals surface area contributed by atoms with Gasteiger partial charge in [0.05, 0.1) is 10.3 Å². The number of pyridine rings is 2. The molecule has 0 radical (unpaired) electrons. The fourth-order valence-electron chi connectivity index (χ4n) is 8.04. The SMILES string of the molecule is Cc1ccc2[n+](c1)C1(c3ccccc3-2)c2ccc3c(oc4c3ccc3c(C)c(C)sc34)c2-c2cc(CC(C)(C)C)c(C)c[n+]21. The quantitative estimate of drug-likeness (QED) is 0.174. The Morgan fingerprint density at radius 3 is 2.30 bits per heavy atom. The first-order valence-corrected chi connectivity index (χ1v) is 16.5. The predicted molar refractivity (Wildman–Crippen MR) is 180 cm³/mol. The second kappa shape index (κ2) is 8.46. The zero-order valence-electron chi connectivity index (χ0n) is 26.4. The molecule has 0 saturated heterocycles. The second-order valence-electron chi connectivity index (χ2n) is 14.2. The first kappa shape index (κ1) is 26.2. The zero-order valence-corrected chi connectivity index (χ0v) is 27.2. The molecule has 1 spiro atoms. The maximum absolute atomic E-state index is 7.10. The van der Waals surface area contributed by atoms with Crippen LogP contribution >= 0.6 is 11.3 Å². The second-order valence-corrected chi connectivity index (χ2v) is 15.4. The van der Waals surface area contributed by atoms with E-state index < -0.39 is 5.66 Å². The molecular weight excluding hydrogens is 557 g/mol. The molecule has 3 nitrogen and oxygen atoms in total. The van der Waals surface area contributed by atoms with Gasteiger partial charge in [-0.2, -0.15) is 0 Å². The van der Waals surface area contributed by atoms with Gasteiger partial charge in [0.1, 0.15) is 22.3 Å². The Morgan fingerprint density at radius 2 is 1.48 bits per heavy atom. The summed E-state index contributed by atoms with van der Waals surface area (Å²) >= 11 is 1.85. The van der Waals surface area contributed by atoms with Gasteiger partial charge < -0.3 is 4.42 Å². The summed E-state index contributed by atoms with van der Waals surface area (Å²) < 4.78 is 13.4. The Hall–Kier alpha value is -4.28. The van der Waals surface area contributed by atoms with E-state index in [1.165, 1.54) is 81.6 Å². The van der Waals surface area contributed by atoms with Crippen molar-refractivity contribution in [2.45, 2.75) is 60.5 Å². The van der Waals surface area contributed by atoms with Crippen molar-refractivity contribution in [2.24, 2.45) is 5.41 Å². The van der Waals surface area contributed by atoms with E-state index in [1.807, 2.05) is 11.3 Å². The van der Waals surface area contributed by atoms with Gasteiger partial charge in [-0.1, -0.05) is 39.0 Å². The molecular formula is C40H36N2OS+2. The van der Waals surface area contributed by atoms with Crippen LogP contribution in [0.25, 0.3) is 54.5 Å². The Morgan fingerprint density at radius 1 is 0.750 bits per heavy atom. The maximum Gasteiger partial charge on any atom is 0.417 e. The molecule has 0 aliphatic carbocycles. The third kappa shape index (κ3) is 3.17. The molecule has 0 N–H and O–H groups in total. The molecule has 3 aromatic carbocycles. The van der Waals surface area contributed by atoms with Gasteiger partial charge in [-0.3, -0.25) is 0 Å². The number of aromatic nitrogens is 2. The number of rotatable bonds is 1. The fourth-order valence-corrected chi connectivity index (χ4v) is 9.19. The van der Waals surface area contributed by atoms with Gasteiger partial charge in [0.2, 0.25) is 11.4 Å². The summed E-state index contributed by atoms with van der Waals surface area (Å²) in [5, 5.41) is 3.68. The molecule has 0 amide bonds. The number of benzene rings is 3. The third-order valence-corrected chi connectivity index (χ3v) is 11.3. The molecule has 0 bridgehead atoms. The van der Waals surface area contributed by atoms with E-state index in [1.54, 1.807) is 0 Å². The largest absolute Gasteiger partial charge is 0.454 e. The van der Waals surface area contributed by atoms with Gasteiger partial charge in [0, 0.05) is 38.9 Å². The van der Waals surface area contributed by atoms with E-state index >= 15 is 0 Å². The summed E-state index contributed by atoms with van der Waals surface area (Å²) in [7, 11) is 0. The lowest BCUT2D eigenvalue weighted by Gasteiger charge is -2.21. The van der Waals surface area contributed by atoms with Crippen LogP contribution in [0.5, 0.6) is 0 Å². The molecule has 9 rings (SSSR count). The number of hydrogen-bond donors (Lipinski definition) is 0. The van der Waals surface area contributed by atoms with Crippen LogP contribution in [-0.4, -0.2) is 0 Å². The van der Waals surface area contributed by atoms with E-state index in [2.05, 4.69) is 137 Å². The van der Waals surface area contributed by atoms with Crippen LogP contribution in [0.1, 0.15) is 59.0 Å². The molecule has 4 heteroatoms. The summed E-state index contributed by atoms with van der Waals surface area (Å²) in [5.41, 5.74) is 14.5. The van der Waals surface area contributed by atoms with Crippen molar-refractivity contribution < 1.29 is 13.6 Å². The molecule has 0 saturated carbocycles. The summed E-state index contributed by atoms with van der Waals surface area (Å²) in [6.07, 6.45) is 5.76. The Labute approximate surface area is 262 Å². The minimum absolute atomic E-state index is 0.174. The molecule has 7 aromatic rings. The van der Waals surface area contributed by atoms with Crippen molar-refractivity contribution in [2.75, 3.05) is 0 Å². The zero-order chi connectivity index (χ0) is 30.3. The van der Waals surface area contributed by atoms with Crippen molar-refractivity contribution in [3.8, 4) is 22.5 Å². The molecule has 44 heavy (non-hydrogen) atoms. The number of furan rings is 1. The highest BCUT2D eigenvalue weighted by Gasteiger charge is 2.67. The van der Waals surface area contributed by atoms with Crippen LogP contribution in [0, 0.1) is 33.1 Å². The topological polar surface area (TPSA) is 20.9 Å². The van der Waals surface area contributed by atoms with E-state index in [0.717, 1.165) is 17.6 Å². The number of hydrogen-bond acceptors (Lipinski definition) is 2. The Bertz CT molecular complexity index is 2400. The molecule has 2 aliphatic rings. The lowest BCUT2D eigenvalue weighted by atomic mass is 9.86. The van der Waals surface area contributed by atoms with Gasteiger partial charge in [0.15, 0.2) is 18.0 Å². The van der Waals surface area contributed by atoms with Crippen molar-refractivity contribution in [1.82, 2.24) is 0 Å². The lowest BCUT2D eigenvalue weighted by Crippen LogP contribution is -2.71. The maximum atomic E-state index is 7.10. The molecule has 4 aromatic heterocycles. The van der Waals surface area contributed by atoms with Crippen LogP contribution in [0.2, 0.25) is 0 Å². The van der Waals surface area contributed by atoms with E-state index in [0.29, 0.717) is 0 Å².